The molecule has 0 saturated carbocycles. The molecule has 1 aromatic heterocycles. The lowest BCUT2D eigenvalue weighted by Crippen LogP contribution is -2.36. The molecule has 1 N–H and O–H groups in total. The molecular formula is C27H26N6O2S. The zero-order valence-corrected chi connectivity index (χ0v) is 20.5. The first-order valence-corrected chi connectivity index (χ1v) is 12.7. The molecule has 4 aromatic rings. The van der Waals surface area contributed by atoms with Crippen LogP contribution in [0.25, 0.3) is 17.1 Å². The highest BCUT2D eigenvalue weighted by molar-refractivity contribution is 7.99. The zero-order chi connectivity index (χ0) is 24.6. The Balaban J connectivity index is 1.21. The number of hydrazone groups is 1. The van der Waals surface area contributed by atoms with E-state index >= 15 is 0 Å². The third-order valence-electron chi connectivity index (χ3n) is 5.68. The lowest BCUT2D eigenvalue weighted by atomic mass is 10.2. The van der Waals surface area contributed by atoms with E-state index in [1.54, 1.807) is 6.21 Å². The molecule has 0 unspecified atom stereocenters. The molecule has 2 heterocycles. The van der Waals surface area contributed by atoms with Gasteiger partial charge in [0.2, 0.25) is 0 Å². The zero-order valence-electron chi connectivity index (χ0n) is 19.7. The van der Waals surface area contributed by atoms with Gasteiger partial charge in [-0.15, -0.1) is 10.2 Å². The third-order valence-corrected chi connectivity index (χ3v) is 6.61. The fraction of sp³-hybridized carbons (Fsp3) is 0.185. The molecule has 9 heteroatoms. The van der Waals surface area contributed by atoms with E-state index in [2.05, 4.69) is 37.8 Å². The molecule has 1 amide bonds. The average molecular weight is 499 g/mol. The Hall–Kier alpha value is -3.95. The Morgan fingerprint density at radius 1 is 0.917 bits per heavy atom. The highest BCUT2D eigenvalue weighted by Gasteiger charge is 2.17. The van der Waals surface area contributed by atoms with Gasteiger partial charge < -0.3 is 9.64 Å². The van der Waals surface area contributed by atoms with Crippen LogP contribution < -0.4 is 10.3 Å². The molecule has 1 saturated heterocycles. The quantitative estimate of drug-likeness (QED) is 0.224. The van der Waals surface area contributed by atoms with Crippen LogP contribution in [0.15, 0.2) is 95.2 Å². The van der Waals surface area contributed by atoms with Crippen LogP contribution in [0.3, 0.4) is 0 Å². The maximum absolute atomic E-state index is 12.5. The Morgan fingerprint density at radius 3 is 2.33 bits per heavy atom. The summed E-state index contributed by atoms with van der Waals surface area (Å²) >= 11 is 1.32. The van der Waals surface area contributed by atoms with E-state index in [1.165, 1.54) is 11.8 Å². The largest absolute Gasteiger partial charge is 0.378 e. The van der Waals surface area contributed by atoms with Crippen molar-refractivity contribution in [1.82, 2.24) is 20.2 Å². The van der Waals surface area contributed by atoms with Gasteiger partial charge in [-0.25, -0.2) is 5.43 Å². The number of hydrogen-bond donors (Lipinski definition) is 1. The summed E-state index contributed by atoms with van der Waals surface area (Å²) in [6.45, 7) is 3.29. The second kappa shape index (κ2) is 11.7. The normalized spacial score (nSPS) is 13.7. The molecule has 36 heavy (non-hydrogen) atoms. The van der Waals surface area contributed by atoms with Crippen LogP contribution in [0.5, 0.6) is 0 Å². The smallest absolute Gasteiger partial charge is 0.250 e. The fourth-order valence-corrected chi connectivity index (χ4v) is 4.63. The number of hydrogen-bond acceptors (Lipinski definition) is 7. The van der Waals surface area contributed by atoms with Crippen LogP contribution in [0.2, 0.25) is 0 Å². The summed E-state index contributed by atoms with van der Waals surface area (Å²) in [5.74, 6) is 0.667. The summed E-state index contributed by atoms with van der Waals surface area (Å²) in [5.41, 5.74) is 6.56. The van der Waals surface area contributed by atoms with Crippen molar-refractivity contribution in [2.75, 3.05) is 37.0 Å². The average Bonchev–Trinajstić information content (AvgIpc) is 3.38. The lowest BCUT2D eigenvalue weighted by Gasteiger charge is -2.28. The van der Waals surface area contributed by atoms with Crippen LogP contribution in [0, 0.1) is 0 Å². The first-order chi connectivity index (χ1) is 17.8. The summed E-state index contributed by atoms with van der Waals surface area (Å²) in [7, 11) is 0. The molecule has 5 rings (SSSR count). The van der Waals surface area contributed by atoms with Gasteiger partial charge in [0.05, 0.1) is 25.2 Å². The number of morpholine rings is 1. The van der Waals surface area contributed by atoms with Crippen molar-refractivity contribution in [3.05, 3.63) is 90.5 Å². The highest BCUT2D eigenvalue weighted by Crippen LogP contribution is 2.27. The second-order valence-corrected chi connectivity index (χ2v) is 9.06. The first kappa shape index (κ1) is 23.8. The molecule has 1 fully saturated rings. The number of benzene rings is 3. The summed E-state index contributed by atoms with van der Waals surface area (Å²) in [4.78, 5) is 14.8. The second-order valence-electron chi connectivity index (χ2n) is 8.12. The number of ether oxygens (including phenoxy) is 1. The van der Waals surface area contributed by atoms with Gasteiger partial charge in [-0.05, 0) is 29.8 Å². The van der Waals surface area contributed by atoms with Crippen molar-refractivity contribution in [2.45, 2.75) is 5.16 Å². The summed E-state index contributed by atoms with van der Waals surface area (Å²) in [5, 5.41) is 13.5. The van der Waals surface area contributed by atoms with Crippen molar-refractivity contribution in [3.63, 3.8) is 0 Å². The molecule has 0 bridgehead atoms. The molecule has 182 valence electrons. The van der Waals surface area contributed by atoms with E-state index in [1.807, 2.05) is 77.4 Å². The molecule has 0 atom stereocenters. The number of thioether (sulfide) groups is 1. The van der Waals surface area contributed by atoms with Crippen molar-refractivity contribution in [2.24, 2.45) is 5.10 Å². The molecular weight excluding hydrogens is 472 g/mol. The summed E-state index contributed by atoms with van der Waals surface area (Å²) in [6.07, 6.45) is 1.64. The van der Waals surface area contributed by atoms with Crippen molar-refractivity contribution < 1.29 is 9.53 Å². The Morgan fingerprint density at radius 2 is 1.61 bits per heavy atom. The lowest BCUT2D eigenvalue weighted by molar-refractivity contribution is -0.118. The van der Waals surface area contributed by atoms with Crippen molar-refractivity contribution in [1.29, 1.82) is 0 Å². The minimum Gasteiger partial charge on any atom is -0.378 e. The topological polar surface area (TPSA) is 84.6 Å². The van der Waals surface area contributed by atoms with E-state index in [9.17, 15) is 4.79 Å². The molecule has 0 radical (unpaired) electrons. The predicted octanol–water partition coefficient (Wildman–Crippen LogP) is 4.01. The number of carbonyl (C=O) groups is 1. The minimum atomic E-state index is -0.218. The first-order valence-electron chi connectivity index (χ1n) is 11.7. The number of carbonyl (C=O) groups excluding carboxylic acids is 1. The number of nitrogens with one attached hydrogen (secondary N) is 1. The van der Waals surface area contributed by atoms with Gasteiger partial charge in [0, 0.05) is 30.0 Å². The Bertz CT molecular complexity index is 1300. The van der Waals surface area contributed by atoms with Crippen LogP contribution >= 0.6 is 11.8 Å². The van der Waals surface area contributed by atoms with E-state index in [4.69, 9.17) is 4.74 Å². The fourth-order valence-electron chi connectivity index (χ4n) is 3.88. The molecule has 3 aromatic carbocycles. The van der Waals surface area contributed by atoms with Crippen LogP contribution in [0.1, 0.15) is 5.56 Å². The number of amides is 1. The molecule has 1 aliphatic heterocycles. The number of rotatable bonds is 8. The van der Waals surface area contributed by atoms with Gasteiger partial charge >= 0.3 is 0 Å². The number of aromatic nitrogens is 3. The van der Waals surface area contributed by atoms with Crippen LogP contribution in [-0.2, 0) is 9.53 Å². The molecule has 1 aliphatic rings. The van der Waals surface area contributed by atoms with E-state index in [0.717, 1.165) is 54.6 Å². The van der Waals surface area contributed by atoms with Gasteiger partial charge in [-0.3, -0.25) is 9.36 Å². The van der Waals surface area contributed by atoms with E-state index < -0.39 is 0 Å². The minimum absolute atomic E-state index is 0.160. The number of nitrogens with zero attached hydrogens (tertiary/aromatic N) is 5. The number of para-hydroxylation sites is 1. The van der Waals surface area contributed by atoms with Gasteiger partial charge in [-0.1, -0.05) is 72.4 Å². The predicted molar refractivity (Wildman–Crippen MR) is 143 cm³/mol. The van der Waals surface area contributed by atoms with Gasteiger partial charge in [-0.2, -0.15) is 5.10 Å². The van der Waals surface area contributed by atoms with E-state index in [0.29, 0.717) is 5.16 Å². The maximum atomic E-state index is 12.5. The third kappa shape index (κ3) is 5.81. The summed E-state index contributed by atoms with van der Waals surface area (Å²) < 4.78 is 7.37. The monoisotopic (exact) mass is 498 g/mol. The van der Waals surface area contributed by atoms with Gasteiger partial charge in [0.25, 0.3) is 5.91 Å². The van der Waals surface area contributed by atoms with Crippen molar-refractivity contribution in [3.8, 4) is 17.1 Å². The summed E-state index contributed by atoms with van der Waals surface area (Å²) in [6, 6.07) is 27.9. The molecule has 0 aliphatic carbocycles. The Labute approximate surface area is 214 Å². The Kier molecular flexibility index (Phi) is 7.70. The van der Waals surface area contributed by atoms with Crippen LogP contribution in [0.4, 0.5) is 5.69 Å². The standard InChI is InChI=1S/C27H26N6O2S/c34-25(29-28-19-21-11-13-23(14-12-21)32-15-17-35-18-16-32)20-36-27-31-30-26(22-7-3-1-4-8-22)33(27)24-9-5-2-6-10-24/h1-14,19H,15-18,20H2,(H,29,34)/b28-19+. The maximum Gasteiger partial charge on any atom is 0.250 e. The van der Waals surface area contributed by atoms with Crippen LogP contribution in [-0.4, -0.2) is 58.9 Å². The SMILES string of the molecule is O=C(CSc1nnc(-c2ccccc2)n1-c1ccccc1)N/N=C/c1ccc(N2CCOCC2)cc1. The van der Waals surface area contributed by atoms with Gasteiger partial charge in [0.1, 0.15) is 0 Å². The van der Waals surface area contributed by atoms with E-state index in [-0.39, 0.29) is 11.7 Å². The van der Waals surface area contributed by atoms with Crippen molar-refractivity contribution >= 4 is 29.6 Å². The molecule has 8 nitrogen and oxygen atoms in total. The molecule has 0 spiro atoms. The highest BCUT2D eigenvalue weighted by atomic mass is 32.2. The number of anilines is 1. The van der Waals surface area contributed by atoms with Gasteiger partial charge in [0.15, 0.2) is 11.0 Å².